The summed E-state index contributed by atoms with van der Waals surface area (Å²) >= 11 is 0. The molecule has 0 N–H and O–H groups in total. The van der Waals surface area contributed by atoms with Gasteiger partial charge in [-0.25, -0.2) is 0 Å². The van der Waals surface area contributed by atoms with Crippen LogP contribution in [0.1, 0.15) is 27.7 Å². The van der Waals surface area contributed by atoms with E-state index in [0.717, 1.165) is 12.2 Å². The molecule has 4 nitrogen and oxygen atoms in total. The van der Waals surface area contributed by atoms with E-state index in [1.165, 1.54) is 27.7 Å². The number of allylic oxidation sites excluding steroid dienone is 4. The van der Waals surface area contributed by atoms with Gasteiger partial charge >= 0.3 is 72.4 Å². The molecule has 0 atom stereocenters. The van der Waals surface area contributed by atoms with Gasteiger partial charge < -0.3 is 22.6 Å². The number of halogens is 1. The van der Waals surface area contributed by atoms with Crippen LogP contribution in [0.2, 0.25) is 0 Å². The Bertz CT molecular complexity index is 241. The van der Waals surface area contributed by atoms with Crippen molar-refractivity contribution in [3.63, 3.8) is 0 Å². The molecule has 0 amide bonds. The molecule has 0 aromatic carbocycles. The summed E-state index contributed by atoms with van der Waals surface area (Å²) in [5.74, 6) is -0.750. The number of carbonyl (C=O) groups is 2. The Balaban J connectivity index is -0.0000000480. The number of rotatable bonds is 2. The van der Waals surface area contributed by atoms with Crippen molar-refractivity contribution < 1.29 is 105 Å². The van der Waals surface area contributed by atoms with Crippen molar-refractivity contribution in [2.45, 2.75) is 27.7 Å². The van der Waals surface area contributed by atoms with E-state index in [9.17, 15) is 19.8 Å². The minimum atomic E-state index is -0.187. The molecule has 0 bridgehead atoms. The Morgan fingerprint density at radius 2 is 1.00 bits per heavy atom. The smallest absolute Gasteiger partial charge is 1.00 e. The number of hydrogen-bond acceptors (Lipinski definition) is 4. The number of carbonyl (C=O) groups excluding carboxylic acids is 2. The molecule has 0 fully saturated rings. The van der Waals surface area contributed by atoms with E-state index >= 15 is 0 Å². The van der Waals surface area contributed by atoms with Crippen LogP contribution in [0.4, 0.5) is 0 Å². The molecule has 0 aromatic heterocycles. The first-order valence-electron chi connectivity index (χ1n) is 3.97. The molecule has 0 aliphatic carbocycles. The van der Waals surface area contributed by atoms with Gasteiger partial charge in [-0.1, -0.05) is 13.8 Å². The van der Waals surface area contributed by atoms with E-state index in [-0.39, 0.29) is 108 Å². The van der Waals surface area contributed by atoms with E-state index in [1.807, 2.05) is 0 Å². The molecule has 96 valence electrons. The molecule has 0 spiro atoms. The van der Waals surface area contributed by atoms with Gasteiger partial charge in [0.2, 0.25) is 0 Å². The summed E-state index contributed by atoms with van der Waals surface area (Å²) in [7, 11) is 0. The first kappa shape index (κ1) is 30.8. The molecule has 0 aromatic rings. The number of ketones is 2. The average Bonchev–Trinajstić information content (AvgIpc) is 1.79. The summed E-state index contributed by atoms with van der Waals surface area (Å²) in [5, 5.41) is 20.0. The van der Waals surface area contributed by atoms with Gasteiger partial charge in [0.15, 0.2) is 11.6 Å². The van der Waals surface area contributed by atoms with E-state index < -0.39 is 0 Å². The van der Waals surface area contributed by atoms with Gasteiger partial charge in [0.1, 0.15) is 0 Å². The van der Waals surface area contributed by atoms with E-state index in [2.05, 4.69) is 0 Å². The molecule has 0 radical (unpaired) electrons. The normalized spacial score (nSPS) is 9.41. The largest absolute Gasteiger partial charge is 2.00 e. The Morgan fingerprint density at radius 1 is 0.824 bits per heavy atom. The summed E-state index contributed by atoms with van der Waals surface area (Å²) in [4.78, 5) is 20.0. The van der Waals surface area contributed by atoms with Crippen LogP contribution in [0, 0.1) is 0 Å². The Kier molecular flexibility index (Phi) is 35.1. The summed E-state index contributed by atoms with van der Waals surface area (Å²) in [6, 6.07) is 0. The number of hydrogen-bond donors (Lipinski definition) is 0. The fourth-order valence-electron chi connectivity index (χ4n) is 0.572. The van der Waals surface area contributed by atoms with Gasteiger partial charge in [-0.2, -0.15) is 0 Å². The maximum atomic E-state index is 9.98. The first-order valence-corrected chi connectivity index (χ1v) is 3.97. The maximum absolute atomic E-state index is 9.98. The Morgan fingerprint density at radius 3 is 1.00 bits per heavy atom. The third-order valence-corrected chi connectivity index (χ3v) is 0.813. The van der Waals surface area contributed by atoms with Crippen LogP contribution in [0.15, 0.2) is 23.7 Å². The molecule has 0 rings (SSSR count). The predicted octanol–water partition coefficient (Wildman–Crippen LogP) is -6.32. The van der Waals surface area contributed by atoms with Gasteiger partial charge in [-0.05, 0) is 26.0 Å². The third-order valence-electron chi connectivity index (χ3n) is 0.813. The third kappa shape index (κ3) is 47.2. The van der Waals surface area contributed by atoms with Gasteiger partial charge in [-0.15, -0.1) is 11.5 Å². The van der Waals surface area contributed by atoms with Gasteiger partial charge in [-0.3, -0.25) is 9.59 Å². The maximum Gasteiger partial charge on any atom is 2.00 e. The van der Waals surface area contributed by atoms with Crippen molar-refractivity contribution in [1.82, 2.24) is 0 Å². The van der Waals surface area contributed by atoms with Gasteiger partial charge in [0.25, 0.3) is 0 Å². The first-order chi connectivity index (χ1) is 6.25. The molecular weight excluding hydrogens is 454 g/mol. The zero-order valence-electron chi connectivity index (χ0n) is 10.5. The average molecular weight is 468 g/mol. The molecule has 0 unspecified atom stereocenters. The van der Waals surface area contributed by atoms with Gasteiger partial charge in [0.05, 0.1) is 0 Å². The SMILES string of the molecule is CC(=O)C=C(C)[O-].CC(=O)C=C(C)[O-].[Cl-].[K+].[Pt+2]. The minimum Gasteiger partial charge on any atom is -1.00 e. The topological polar surface area (TPSA) is 80.3 Å². The second-order valence-corrected chi connectivity index (χ2v) is 2.73. The second-order valence-electron chi connectivity index (χ2n) is 2.73. The van der Waals surface area contributed by atoms with E-state index in [1.54, 1.807) is 0 Å². The van der Waals surface area contributed by atoms with E-state index in [4.69, 9.17) is 0 Å². The van der Waals surface area contributed by atoms with Crippen molar-refractivity contribution in [2.24, 2.45) is 0 Å². The molecule has 0 aliphatic rings. The Labute approximate surface area is 165 Å². The van der Waals surface area contributed by atoms with Crippen LogP contribution in [-0.2, 0) is 30.7 Å². The van der Waals surface area contributed by atoms with Crippen molar-refractivity contribution in [2.75, 3.05) is 0 Å². The van der Waals surface area contributed by atoms with Crippen LogP contribution in [0.5, 0.6) is 0 Å². The van der Waals surface area contributed by atoms with Gasteiger partial charge in [0, 0.05) is 0 Å². The molecule has 7 heteroatoms. The van der Waals surface area contributed by atoms with Crippen LogP contribution in [0.25, 0.3) is 0 Å². The van der Waals surface area contributed by atoms with Crippen molar-refractivity contribution >= 4 is 11.6 Å². The quantitative estimate of drug-likeness (QED) is 0.230. The standard InChI is InChI=1S/2C5H8O2.ClH.K.Pt/c2*1-4(6)3-5(2)7;;;/h2*3,6H,1-2H3;1H;;/q;;;+1;+2/p-3. The fraction of sp³-hybridized carbons (Fsp3) is 0.400. The van der Waals surface area contributed by atoms with Crippen LogP contribution < -0.4 is 74.0 Å². The van der Waals surface area contributed by atoms with Crippen LogP contribution in [0.3, 0.4) is 0 Å². The zero-order valence-corrected chi connectivity index (χ0v) is 16.6. The molecule has 0 heterocycles. The van der Waals surface area contributed by atoms with E-state index in [0.29, 0.717) is 0 Å². The molecule has 17 heavy (non-hydrogen) atoms. The monoisotopic (exact) mass is 467 g/mol. The van der Waals surface area contributed by atoms with Crippen molar-refractivity contribution in [3.8, 4) is 0 Å². The molecular formula is C10H14ClKO4Pt. The van der Waals surface area contributed by atoms with Crippen LogP contribution in [-0.4, -0.2) is 11.6 Å². The fourth-order valence-corrected chi connectivity index (χ4v) is 0.572. The summed E-state index contributed by atoms with van der Waals surface area (Å²) in [6.07, 6.45) is 2.11. The second kappa shape index (κ2) is 19.4. The summed E-state index contributed by atoms with van der Waals surface area (Å²) in [5.41, 5.74) is 0. The van der Waals surface area contributed by atoms with Crippen molar-refractivity contribution in [1.29, 1.82) is 0 Å². The Hall–Kier alpha value is 1.03. The van der Waals surface area contributed by atoms with Crippen LogP contribution >= 0.6 is 0 Å². The predicted molar refractivity (Wildman–Crippen MR) is 48.9 cm³/mol. The molecule has 0 saturated heterocycles. The molecule has 0 aliphatic heterocycles. The minimum absolute atomic E-state index is 0. The molecule has 0 saturated carbocycles. The summed E-state index contributed by atoms with van der Waals surface area (Å²) < 4.78 is 0. The van der Waals surface area contributed by atoms with Crippen molar-refractivity contribution in [3.05, 3.63) is 23.7 Å². The summed E-state index contributed by atoms with van der Waals surface area (Å²) in [6.45, 7) is 5.39. The zero-order chi connectivity index (χ0) is 11.7.